The van der Waals surface area contributed by atoms with Gasteiger partial charge in [-0.3, -0.25) is 4.79 Å². The van der Waals surface area contributed by atoms with Gasteiger partial charge in [0.25, 0.3) is 0 Å². The average molecular weight is 177 g/mol. The molecule has 0 spiro atoms. The number of aromatic nitrogens is 1. The molecular weight excluding hydrogens is 166 g/mol. The fraction of sp³-hybridized carbons (Fsp3) is 0.333. The molecule has 1 rings (SSSR count). The number of nitrogens with one attached hydrogen (secondary N) is 1. The van der Waals surface area contributed by atoms with Crippen molar-refractivity contribution in [3.05, 3.63) is 33.7 Å². The van der Waals surface area contributed by atoms with E-state index in [1.807, 2.05) is 13.0 Å². The maximum absolute atomic E-state index is 10.9. The summed E-state index contributed by atoms with van der Waals surface area (Å²) in [6, 6.07) is 3.15. The molecule has 0 aromatic carbocycles. The van der Waals surface area contributed by atoms with Crippen molar-refractivity contribution in [2.45, 2.75) is 19.4 Å². The largest absolute Gasteiger partial charge is 0.329 e. The Morgan fingerprint density at radius 1 is 1.77 bits per heavy atom. The molecule has 0 aliphatic rings. The van der Waals surface area contributed by atoms with Crippen LogP contribution in [0, 0.1) is 18.3 Å². The summed E-state index contributed by atoms with van der Waals surface area (Å²) in [5, 5.41) is 8.44. The van der Waals surface area contributed by atoms with Crippen molar-refractivity contribution in [1.82, 2.24) is 4.98 Å². The molecule has 13 heavy (non-hydrogen) atoms. The molecule has 0 saturated heterocycles. The van der Waals surface area contributed by atoms with Gasteiger partial charge in [0.15, 0.2) is 0 Å². The number of hydrogen-bond acceptors (Lipinski definition) is 3. The van der Waals surface area contributed by atoms with Gasteiger partial charge in [-0.05, 0) is 18.1 Å². The van der Waals surface area contributed by atoms with Gasteiger partial charge in [0.05, 0.1) is 12.5 Å². The van der Waals surface area contributed by atoms with Crippen LogP contribution in [0.4, 0.5) is 0 Å². The molecule has 0 aliphatic carbocycles. The normalized spacial score (nSPS) is 12.1. The number of aryl methyl sites for hydroxylation is 1. The van der Waals surface area contributed by atoms with E-state index in [2.05, 4.69) is 4.98 Å². The lowest BCUT2D eigenvalue weighted by atomic mass is 10.0. The van der Waals surface area contributed by atoms with Crippen molar-refractivity contribution in [2.24, 2.45) is 5.73 Å². The Balaban J connectivity index is 3.03. The van der Waals surface area contributed by atoms with Gasteiger partial charge in [-0.2, -0.15) is 5.26 Å². The van der Waals surface area contributed by atoms with Crippen LogP contribution in [0.2, 0.25) is 0 Å². The zero-order valence-corrected chi connectivity index (χ0v) is 7.37. The molecule has 0 saturated carbocycles. The van der Waals surface area contributed by atoms with E-state index < -0.39 is 0 Å². The minimum atomic E-state index is -0.318. The first-order chi connectivity index (χ1) is 6.15. The lowest BCUT2D eigenvalue weighted by Gasteiger charge is -2.09. The van der Waals surface area contributed by atoms with Gasteiger partial charge in [0, 0.05) is 18.3 Å². The smallest absolute Gasteiger partial charge is 0.248 e. The highest BCUT2D eigenvalue weighted by Crippen LogP contribution is 2.14. The average Bonchev–Trinajstić information content (AvgIpc) is 2.04. The molecular formula is C9H11N3O. The third kappa shape index (κ3) is 2.17. The van der Waals surface area contributed by atoms with E-state index in [1.54, 1.807) is 6.20 Å². The predicted octanol–water partition coefficient (Wildman–Crippen LogP) is 0.597. The van der Waals surface area contributed by atoms with Crippen LogP contribution in [0.25, 0.3) is 0 Å². The fourth-order valence-electron chi connectivity index (χ4n) is 1.19. The lowest BCUT2D eigenvalue weighted by molar-refractivity contribution is 0.736. The SMILES string of the molecule is Cc1cc(=O)[nH]cc1C(N)CC#N. The number of nitrogens with two attached hydrogens (primary N) is 1. The highest BCUT2D eigenvalue weighted by molar-refractivity contribution is 5.25. The van der Waals surface area contributed by atoms with Gasteiger partial charge in [-0.25, -0.2) is 0 Å². The molecule has 0 aliphatic heterocycles. The lowest BCUT2D eigenvalue weighted by Crippen LogP contribution is -2.14. The van der Waals surface area contributed by atoms with E-state index in [-0.39, 0.29) is 18.0 Å². The number of hydrogen-bond donors (Lipinski definition) is 2. The molecule has 1 unspecified atom stereocenters. The molecule has 1 aromatic heterocycles. The van der Waals surface area contributed by atoms with Crippen LogP contribution in [0.3, 0.4) is 0 Å². The summed E-state index contributed by atoms with van der Waals surface area (Å²) in [6.45, 7) is 1.81. The van der Waals surface area contributed by atoms with E-state index in [1.165, 1.54) is 6.07 Å². The zero-order chi connectivity index (χ0) is 9.84. The Morgan fingerprint density at radius 2 is 2.46 bits per heavy atom. The second-order valence-electron chi connectivity index (χ2n) is 2.90. The quantitative estimate of drug-likeness (QED) is 0.693. The first-order valence-corrected chi connectivity index (χ1v) is 3.97. The molecule has 0 radical (unpaired) electrons. The molecule has 1 atom stereocenters. The van der Waals surface area contributed by atoms with Gasteiger partial charge in [-0.15, -0.1) is 0 Å². The van der Waals surface area contributed by atoms with E-state index in [4.69, 9.17) is 11.0 Å². The number of nitriles is 1. The van der Waals surface area contributed by atoms with Crippen LogP contribution in [-0.2, 0) is 0 Å². The fourth-order valence-corrected chi connectivity index (χ4v) is 1.19. The van der Waals surface area contributed by atoms with Gasteiger partial charge in [-0.1, -0.05) is 0 Å². The Labute approximate surface area is 76.0 Å². The molecule has 68 valence electrons. The van der Waals surface area contributed by atoms with E-state index in [9.17, 15) is 4.79 Å². The molecule has 0 fully saturated rings. The Kier molecular flexibility index (Phi) is 2.83. The van der Waals surface area contributed by atoms with Gasteiger partial charge in [0.1, 0.15) is 0 Å². The minimum Gasteiger partial charge on any atom is -0.329 e. The van der Waals surface area contributed by atoms with Crippen molar-refractivity contribution in [3.63, 3.8) is 0 Å². The Morgan fingerprint density at radius 3 is 3.00 bits per heavy atom. The molecule has 1 heterocycles. The van der Waals surface area contributed by atoms with Crippen molar-refractivity contribution in [1.29, 1.82) is 5.26 Å². The summed E-state index contributed by atoms with van der Waals surface area (Å²) in [7, 11) is 0. The maximum atomic E-state index is 10.9. The third-order valence-electron chi connectivity index (χ3n) is 1.88. The topological polar surface area (TPSA) is 82.7 Å². The predicted molar refractivity (Wildman–Crippen MR) is 49.0 cm³/mol. The Hall–Kier alpha value is -1.60. The summed E-state index contributed by atoms with van der Waals surface area (Å²) in [5.74, 6) is 0. The number of nitrogens with zero attached hydrogens (tertiary/aromatic N) is 1. The van der Waals surface area contributed by atoms with Crippen LogP contribution < -0.4 is 11.3 Å². The Bertz CT molecular complexity index is 389. The van der Waals surface area contributed by atoms with Crippen molar-refractivity contribution >= 4 is 0 Å². The van der Waals surface area contributed by atoms with Crippen LogP contribution >= 0.6 is 0 Å². The zero-order valence-electron chi connectivity index (χ0n) is 7.37. The molecule has 4 nitrogen and oxygen atoms in total. The third-order valence-corrected chi connectivity index (χ3v) is 1.88. The van der Waals surface area contributed by atoms with Crippen molar-refractivity contribution < 1.29 is 0 Å². The van der Waals surface area contributed by atoms with Crippen LogP contribution in [0.15, 0.2) is 17.1 Å². The van der Waals surface area contributed by atoms with E-state index in [0.29, 0.717) is 0 Å². The number of pyridine rings is 1. The number of H-pyrrole nitrogens is 1. The molecule has 0 amide bonds. The van der Waals surface area contributed by atoms with Crippen molar-refractivity contribution in [3.8, 4) is 6.07 Å². The number of aromatic amines is 1. The first-order valence-electron chi connectivity index (χ1n) is 3.97. The monoisotopic (exact) mass is 177 g/mol. The summed E-state index contributed by atoms with van der Waals surface area (Å²) >= 11 is 0. The van der Waals surface area contributed by atoms with Gasteiger partial charge >= 0.3 is 0 Å². The summed E-state index contributed by atoms with van der Waals surface area (Å²) in [6.07, 6.45) is 1.83. The van der Waals surface area contributed by atoms with E-state index >= 15 is 0 Å². The molecule has 1 aromatic rings. The van der Waals surface area contributed by atoms with Gasteiger partial charge < -0.3 is 10.7 Å². The first kappa shape index (κ1) is 9.49. The standard InChI is InChI=1S/C9H11N3O/c1-6-4-9(13)12-5-7(6)8(11)2-3-10/h4-5,8H,2,11H2,1H3,(H,12,13). The van der Waals surface area contributed by atoms with Crippen LogP contribution in [0.5, 0.6) is 0 Å². The molecule has 4 heteroatoms. The second-order valence-corrected chi connectivity index (χ2v) is 2.90. The van der Waals surface area contributed by atoms with Crippen LogP contribution in [-0.4, -0.2) is 4.98 Å². The highest BCUT2D eigenvalue weighted by Gasteiger charge is 2.08. The minimum absolute atomic E-state index is 0.148. The van der Waals surface area contributed by atoms with E-state index in [0.717, 1.165) is 11.1 Å². The summed E-state index contributed by atoms with van der Waals surface area (Å²) < 4.78 is 0. The second kappa shape index (κ2) is 3.87. The molecule has 0 bridgehead atoms. The number of rotatable bonds is 2. The highest BCUT2D eigenvalue weighted by atomic mass is 16.1. The summed E-state index contributed by atoms with van der Waals surface area (Å²) in [4.78, 5) is 13.4. The summed E-state index contributed by atoms with van der Waals surface area (Å²) in [5.41, 5.74) is 7.21. The molecule has 3 N–H and O–H groups in total. The van der Waals surface area contributed by atoms with Gasteiger partial charge in [0.2, 0.25) is 5.56 Å². The van der Waals surface area contributed by atoms with Crippen LogP contribution in [0.1, 0.15) is 23.6 Å². The maximum Gasteiger partial charge on any atom is 0.248 e. The van der Waals surface area contributed by atoms with Crippen molar-refractivity contribution in [2.75, 3.05) is 0 Å².